The van der Waals surface area contributed by atoms with E-state index in [-0.39, 0.29) is 18.1 Å². The lowest BCUT2D eigenvalue weighted by Crippen LogP contribution is -2.33. The van der Waals surface area contributed by atoms with Crippen molar-refractivity contribution in [2.75, 3.05) is 7.11 Å². The molecule has 2 N–H and O–H groups in total. The Morgan fingerprint density at radius 1 is 1.47 bits per heavy atom. The molecule has 6 nitrogen and oxygen atoms in total. The zero-order valence-corrected chi connectivity index (χ0v) is 9.98. The number of ether oxygens (including phenoxy) is 1. The number of hydrogen-bond acceptors (Lipinski definition) is 5. The first-order valence-electron chi connectivity index (χ1n) is 4.61. The molecule has 0 unspecified atom stereocenters. The Labute approximate surface area is 104 Å². The molecule has 94 valence electrons. The minimum absolute atomic E-state index is 0. The third-order valence-corrected chi connectivity index (χ3v) is 2.11. The van der Waals surface area contributed by atoms with Crippen molar-refractivity contribution >= 4 is 24.1 Å². The van der Waals surface area contributed by atoms with Crippen molar-refractivity contribution in [3.63, 3.8) is 0 Å². The van der Waals surface area contributed by atoms with Crippen LogP contribution in [0.2, 0.25) is 0 Å². The van der Waals surface area contributed by atoms with Gasteiger partial charge in [-0.1, -0.05) is 12.1 Å². The topological polar surface area (TPSA) is 95.5 Å². The van der Waals surface area contributed by atoms with Crippen LogP contribution in [0.3, 0.4) is 0 Å². The first kappa shape index (κ1) is 15.3. The van der Waals surface area contributed by atoms with Gasteiger partial charge in [0.25, 0.3) is 5.69 Å². The van der Waals surface area contributed by atoms with Crippen LogP contribution in [0.25, 0.3) is 0 Å². The summed E-state index contributed by atoms with van der Waals surface area (Å²) in [5.41, 5.74) is 6.31. The molecule has 0 spiro atoms. The van der Waals surface area contributed by atoms with E-state index in [0.29, 0.717) is 6.42 Å². The number of halogens is 1. The molecular formula is C10H13ClN2O4. The lowest BCUT2D eigenvalue weighted by molar-refractivity contribution is -0.384. The average molecular weight is 261 g/mol. The highest BCUT2D eigenvalue weighted by Crippen LogP contribution is 2.12. The molecule has 1 aromatic rings. The number of nitrogens with zero attached hydrogens (tertiary/aromatic N) is 1. The van der Waals surface area contributed by atoms with Crippen LogP contribution in [0, 0.1) is 10.1 Å². The number of nitro groups is 1. The molecular weight excluding hydrogens is 248 g/mol. The predicted molar refractivity (Wildman–Crippen MR) is 64.0 cm³/mol. The Hall–Kier alpha value is -1.66. The molecule has 0 aliphatic rings. The van der Waals surface area contributed by atoms with Gasteiger partial charge in [-0.3, -0.25) is 14.9 Å². The van der Waals surface area contributed by atoms with Crippen LogP contribution < -0.4 is 5.73 Å². The Kier molecular flexibility index (Phi) is 6.16. The largest absolute Gasteiger partial charge is 0.468 e. The standard InChI is InChI=1S/C10H12N2O4.ClH/c1-16-10(13)9(11)6-7-2-4-8(5-3-7)12(14)15;/h2-5,9H,6,11H2,1H3;1H/t9-;/m1./s1. The SMILES string of the molecule is COC(=O)[C@H](N)Cc1ccc([N+](=O)[O-])cc1.Cl. The molecule has 1 aromatic carbocycles. The molecule has 17 heavy (non-hydrogen) atoms. The van der Waals surface area contributed by atoms with Crippen LogP contribution in [0.4, 0.5) is 5.69 Å². The maximum absolute atomic E-state index is 11.0. The molecule has 0 heterocycles. The first-order chi connectivity index (χ1) is 7.54. The normalized spacial score (nSPS) is 11.2. The van der Waals surface area contributed by atoms with Crippen molar-refractivity contribution in [3.8, 4) is 0 Å². The number of hydrogen-bond donors (Lipinski definition) is 1. The highest BCUT2D eigenvalue weighted by molar-refractivity contribution is 5.85. The van der Waals surface area contributed by atoms with Gasteiger partial charge in [0.2, 0.25) is 0 Å². The van der Waals surface area contributed by atoms with E-state index in [4.69, 9.17) is 5.73 Å². The van der Waals surface area contributed by atoms with E-state index >= 15 is 0 Å². The van der Waals surface area contributed by atoms with Crippen molar-refractivity contribution in [1.82, 2.24) is 0 Å². The zero-order chi connectivity index (χ0) is 12.1. The van der Waals surface area contributed by atoms with Gasteiger partial charge in [-0.05, 0) is 12.0 Å². The van der Waals surface area contributed by atoms with Gasteiger partial charge in [0, 0.05) is 12.1 Å². The molecule has 0 bridgehead atoms. The minimum atomic E-state index is -0.744. The molecule has 0 aliphatic carbocycles. The summed E-state index contributed by atoms with van der Waals surface area (Å²) in [4.78, 5) is 20.9. The number of nitro benzene ring substituents is 1. The van der Waals surface area contributed by atoms with Crippen molar-refractivity contribution in [2.45, 2.75) is 12.5 Å². The highest BCUT2D eigenvalue weighted by Gasteiger charge is 2.14. The summed E-state index contributed by atoms with van der Waals surface area (Å²) in [5, 5.41) is 10.4. The Morgan fingerprint density at radius 2 is 2.00 bits per heavy atom. The molecule has 0 amide bonds. The third kappa shape index (κ3) is 4.38. The third-order valence-electron chi connectivity index (χ3n) is 2.11. The Balaban J connectivity index is 0.00000256. The minimum Gasteiger partial charge on any atom is -0.468 e. The number of nitrogens with two attached hydrogens (primary N) is 1. The van der Waals surface area contributed by atoms with Gasteiger partial charge in [-0.2, -0.15) is 0 Å². The molecule has 0 saturated heterocycles. The molecule has 0 radical (unpaired) electrons. The lowest BCUT2D eigenvalue weighted by Gasteiger charge is -2.08. The van der Waals surface area contributed by atoms with Crippen LogP contribution in [0.1, 0.15) is 5.56 Å². The van der Waals surface area contributed by atoms with Gasteiger partial charge in [0.15, 0.2) is 0 Å². The summed E-state index contributed by atoms with van der Waals surface area (Å²) in [6.07, 6.45) is 0.296. The number of non-ortho nitro benzene ring substituents is 1. The molecule has 0 aromatic heterocycles. The zero-order valence-electron chi connectivity index (χ0n) is 9.16. The van der Waals surface area contributed by atoms with Crippen molar-refractivity contribution < 1.29 is 14.5 Å². The van der Waals surface area contributed by atoms with Crippen LogP contribution in [-0.2, 0) is 16.0 Å². The number of rotatable bonds is 4. The summed E-state index contributed by atoms with van der Waals surface area (Å²) < 4.78 is 4.47. The fraction of sp³-hybridized carbons (Fsp3) is 0.300. The van der Waals surface area contributed by atoms with E-state index in [1.165, 1.54) is 19.2 Å². The van der Waals surface area contributed by atoms with Gasteiger partial charge in [0.05, 0.1) is 12.0 Å². The van der Waals surface area contributed by atoms with E-state index < -0.39 is 16.9 Å². The van der Waals surface area contributed by atoms with Gasteiger partial charge in [-0.25, -0.2) is 0 Å². The van der Waals surface area contributed by atoms with Crippen molar-refractivity contribution in [3.05, 3.63) is 39.9 Å². The molecule has 0 saturated carbocycles. The monoisotopic (exact) mass is 260 g/mol. The molecule has 1 rings (SSSR count). The summed E-state index contributed by atoms with van der Waals surface area (Å²) in [6, 6.07) is 5.15. The predicted octanol–water partition coefficient (Wildman–Crippen LogP) is 1.06. The summed E-state index contributed by atoms with van der Waals surface area (Å²) >= 11 is 0. The van der Waals surface area contributed by atoms with Gasteiger partial charge in [0.1, 0.15) is 6.04 Å². The van der Waals surface area contributed by atoms with Gasteiger partial charge < -0.3 is 10.5 Å². The van der Waals surface area contributed by atoms with Crippen molar-refractivity contribution in [1.29, 1.82) is 0 Å². The van der Waals surface area contributed by atoms with Crippen LogP contribution in [0.5, 0.6) is 0 Å². The summed E-state index contributed by atoms with van der Waals surface area (Å²) in [5.74, 6) is -0.502. The maximum Gasteiger partial charge on any atom is 0.322 e. The maximum atomic E-state index is 11.0. The molecule has 0 fully saturated rings. The molecule has 0 aliphatic heterocycles. The highest BCUT2D eigenvalue weighted by atomic mass is 35.5. The number of methoxy groups -OCH3 is 1. The second-order valence-corrected chi connectivity index (χ2v) is 3.26. The lowest BCUT2D eigenvalue weighted by atomic mass is 10.1. The second-order valence-electron chi connectivity index (χ2n) is 3.26. The quantitative estimate of drug-likeness (QED) is 0.496. The fourth-order valence-corrected chi connectivity index (χ4v) is 1.24. The molecule has 7 heteroatoms. The van der Waals surface area contributed by atoms with E-state index in [1.807, 2.05) is 0 Å². The second kappa shape index (κ2) is 6.82. The van der Waals surface area contributed by atoms with Gasteiger partial charge in [-0.15, -0.1) is 12.4 Å². The van der Waals surface area contributed by atoms with E-state index in [9.17, 15) is 14.9 Å². The van der Waals surface area contributed by atoms with Gasteiger partial charge >= 0.3 is 5.97 Å². The van der Waals surface area contributed by atoms with E-state index in [1.54, 1.807) is 12.1 Å². The number of esters is 1. The van der Waals surface area contributed by atoms with E-state index in [0.717, 1.165) is 5.56 Å². The van der Waals surface area contributed by atoms with Crippen LogP contribution in [-0.4, -0.2) is 24.0 Å². The smallest absolute Gasteiger partial charge is 0.322 e. The summed E-state index contributed by atoms with van der Waals surface area (Å²) in [6.45, 7) is 0. The van der Waals surface area contributed by atoms with Crippen LogP contribution in [0.15, 0.2) is 24.3 Å². The number of benzene rings is 1. The summed E-state index contributed by atoms with van der Waals surface area (Å²) in [7, 11) is 1.26. The van der Waals surface area contributed by atoms with Crippen LogP contribution >= 0.6 is 12.4 Å². The Bertz CT molecular complexity index is 394. The molecule has 1 atom stereocenters. The first-order valence-corrected chi connectivity index (χ1v) is 4.61. The fourth-order valence-electron chi connectivity index (χ4n) is 1.24. The number of carbonyl (C=O) groups is 1. The van der Waals surface area contributed by atoms with Crippen molar-refractivity contribution in [2.24, 2.45) is 5.73 Å². The van der Waals surface area contributed by atoms with E-state index in [2.05, 4.69) is 4.74 Å². The number of carbonyl (C=O) groups excluding carboxylic acids is 1. The Morgan fingerprint density at radius 3 is 2.41 bits per heavy atom. The average Bonchev–Trinajstić information content (AvgIpc) is 2.28.